The minimum atomic E-state index is -0.565. The summed E-state index contributed by atoms with van der Waals surface area (Å²) in [5, 5.41) is 9.20. The molecular formula is C8H14N2O2. The highest BCUT2D eigenvalue weighted by Gasteiger charge is 2.49. The lowest BCUT2D eigenvalue weighted by molar-refractivity contribution is -0.132. The average molecular weight is 170 g/mol. The highest BCUT2D eigenvalue weighted by atomic mass is 16.3. The number of carbonyl (C=O) groups excluding carboxylic acids is 1. The van der Waals surface area contributed by atoms with E-state index in [0.29, 0.717) is 19.5 Å². The second-order valence-corrected chi connectivity index (χ2v) is 3.85. The number of β-amino-alcohol motifs (C(OH)–C–C–N with tert-alkyl or cyclic N) is 1. The van der Waals surface area contributed by atoms with Gasteiger partial charge in [-0.05, 0) is 19.3 Å². The van der Waals surface area contributed by atoms with Crippen molar-refractivity contribution < 1.29 is 9.90 Å². The molecule has 4 nitrogen and oxygen atoms in total. The van der Waals surface area contributed by atoms with E-state index >= 15 is 0 Å². The molecule has 0 aromatic heterocycles. The van der Waals surface area contributed by atoms with Gasteiger partial charge in [0.05, 0.1) is 11.6 Å². The van der Waals surface area contributed by atoms with Gasteiger partial charge in [0.15, 0.2) is 0 Å². The normalized spacial score (nSPS) is 32.2. The van der Waals surface area contributed by atoms with Crippen LogP contribution in [0.15, 0.2) is 0 Å². The van der Waals surface area contributed by atoms with Crippen LogP contribution in [0.25, 0.3) is 0 Å². The number of rotatable bonds is 1. The largest absolute Gasteiger partial charge is 0.391 e. The third-order valence-corrected chi connectivity index (χ3v) is 2.67. The number of hydrogen-bond donors (Lipinski definition) is 2. The molecule has 1 atom stereocenters. The molecule has 0 radical (unpaired) electrons. The molecule has 1 saturated heterocycles. The van der Waals surface area contributed by atoms with Gasteiger partial charge < -0.3 is 15.7 Å². The SMILES string of the molecule is NC1(C(=O)N2CCC(O)C2)CC1. The summed E-state index contributed by atoms with van der Waals surface area (Å²) < 4.78 is 0. The summed E-state index contributed by atoms with van der Waals surface area (Å²) in [5.41, 5.74) is 5.18. The fourth-order valence-corrected chi connectivity index (χ4v) is 1.59. The second kappa shape index (κ2) is 2.44. The van der Waals surface area contributed by atoms with E-state index < -0.39 is 5.54 Å². The first kappa shape index (κ1) is 8.01. The highest BCUT2D eigenvalue weighted by Crippen LogP contribution is 2.34. The molecule has 3 N–H and O–H groups in total. The Labute approximate surface area is 71.3 Å². The molecule has 1 heterocycles. The Bertz CT molecular complexity index is 213. The van der Waals surface area contributed by atoms with Gasteiger partial charge in [-0.25, -0.2) is 0 Å². The minimum absolute atomic E-state index is 0.0269. The monoisotopic (exact) mass is 170 g/mol. The van der Waals surface area contributed by atoms with Crippen molar-refractivity contribution in [3.8, 4) is 0 Å². The van der Waals surface area contributed by atoms with Gasteiger partial charge in [0.25, 0.3) is 0 Å². The van der Waals surface area contributed by atoms with E-state index in [1.165, 1.54) is 0 Å². The maximum Gasteiger partial charge on any atom is 0.242 e. The maximum absolute atomic E-state index is 11.6. The van der Waals surface area contributed by atoms with E-state index in [4.69, 9.17) is 5.73 Å². The van der Waals surface area contributed by atoms with Gasteiger partial charge in [0.2, 0.25) is 5.91 Å². The van der Waals surface area contributed by atoms with Gasteiger partial charge >= 0.3 is 0 Å². The fraction of sp³-hybridized carbons (Fsp3) is 0.875. The summed E-state index contributed by atoms with van der Waals surface area (Å²) in [6.45, 7) is 1.14. The molecule has 0 aromatic carbocycles. The van der Waals surface area contributed by atoms with Crippen LogP contribution < -0.4 is 5.73 Å². The number of likely N-dealkylation sites (tertiary alicyclic amines) is 1. The van der Waals surface area contributed by atoms with Crippen LogP contribution in [0.5, 0.6) is 0 Å². The molecule has 1 amide bonds. The van der Waals surface area contributed by atoms with Gasteiger partial charge in [0, 0.05) is 13.1 Å². The third-order valence-electron chi connectivity index (χ3n) is 2.67. The number of nitrogens with two attached hydrogens (primary N) is 1. The Kier molecular flexibility index (Phi) is 1.63. The average Bonchev–Trinajstić information content (AvgIpc) is 2.62. The summed E-state index contributed by atoms with van der Waals surface area (Å²) in [4.78, 5) is 13.2. The van der Waals surface area contributed by atoms with E-state index in [1.807, 2.05) is 0 Å². The fourth-order valence-electron chi connectivity index (χ4n) is 1.59. The number of nitrogens with zero attached hydrogens (tertiary/aromatic N) is 1. The predicted octanol–water partition coefficient (Wildman–Crippen LogP) is -0.929. The molecule has 4 heteroatoms. The van der Waals surface area contributed by atoms with Crippen LogP contribution in [0.4, 0.5) is 0 Å². The lowest BCUT2D eigenvalue weighted by Crippen LogP contribution is -2.44. The molecule has 1 unspecified atom stereocenters. The third kappa shape index (κ3) is 1.21. The molecule has 0 spiro atoms. The van der Waals surface area contributed by atoms with Crippen LogP contribution in [0.3, 0.4) is 0 Å². The zero-order valence-corrected chi connectivity index (χ0v) is 6.99. The van der Waals surface area contributed by atoms with E-state index in [1.54, 1.807) is 4.90 Å². The smallest absolute Gasteiger partial charge is 0.242 e. The molecule has 2 aliphatic rings. The first-order chi connectivity index (χ1) is 5.62. The van der Waals surface area contributed by atoms with E-state index in [-0.39, 0.29) is 12.0 Å². The summed E-state index contributed by atoms with van der Waals surface area (Å²) in [6.07, 6.45) is 1.97. The van der Waals surface area contributed by atoms with Crippen molar-refractivity contribution in [1.82, 2.24) is 4.90 Å². The first-order valence-corrected chi connectivity index (χ1v) is 4.38. The Balaban J connectivity index is 1.97. The molecule has 1 aliphatic carbocycles. The molecule has 2 rings (SSSR count). The summed E-state index contributed by atoms with van der Waals surface area (Å²) >= 11 is 0. The first-order valence-electron chi connectivity index (χ1n) is 4.38. The lowest BCUT2D eigenvalue weighted by atomic mass is 10.2. The standard InChI is InChI=1S/C8H14N2O2/c9-8(2-3-8)7(12)10-4-1-6(11)5-10/h6,11H,1-5,9H2. The van der Waals surface area contributed by atoms with Crippen LogP contribution in [0, 0.1) is 0 Å². The van der Waals surface area contributed by atoms with Crippen molar-refractivity contribution in [3.05, 3.63) is 0 Å². The molecule has 1 aliphatic heterocycles. The molecule has 0 aromatic rings. The number of amides is 1. The summed E-state index contributed by atoms with van der Waals surface area (Å²) in [5.74, 6) is 0.0269. The highest BCUT2D eigenvalue weighted by molar-refractivity contribution is 5.89. The number of aliphatic hydroxyl groups excluding tert-OH is 1. The predicted molar refractivity (Wildman–Crippen MR) is 43.4 cm³/mol. The Morgan fingerprint density at radius 3 is 2.67 bits per heavy atom. The molecule has 1 saturated carbocycles. The molecular weight excluding hydrogens is 156 g/mol. The van der Waals surface area contributed by atoms with Crippen molar-refractivity contribution in [2.45, 2.75) is 30.9 Å². The van der Waals surface area contributed by atoms with Gasteiger partial charge in [-0.1, -0.05) is 0 Å². The van der Waals surface area contributed by atoms with E-state index in [2.05, 4.69) is 0 Å². The summed E-state index contributed by atoms with van der Waals surface area (Å²) in [7, 11) is 0. The van der Waals surface area contributed by atoms with E-state index in [0.717, 1.165) is 12.8 Å². The van der Waals surface area contributed by atoms with Crippen molar-refractivity contribution in [1.29, 1.82) is 0 Å². The number of aliphatic hydroxyl groups is 1. The lowest BCUT2D eigenvalue weighted by Gasteiger charge is -2.19. The van der Waals surface area contributed by atoms with Crippen LogP contribution in [0.1, 0.15) is 19.3 Å². The topological polar surface area (TPSA) is 66.6 Å². The Morgan fingerprint density at radius 1 is 1.58 bits per heavy atom. The van der Waals surface area contributed by atoms with Gasteiger partial charge in [-0.2, -0.15) is 0 Å². The van der Waals surface area contributed by atoms with Crippen LogP contribution in [0.2, 0.25) is 0 Å². The number of hydrogen-bond acceptors (Lipinski definition) is 3. The van der Waals surface area contributed by atoms with Crippen LogP contribution in [-0.2, 0) is 4.79 Å². The maximum atomic E-state index is 11.6. The minimum Gasteiger partial charge on any atom is -0.391 e. The molecule has 2 fully saturated rings. The van der Waals surface area contributed by atoms with Crippen molar-refractivity contribution in [3.63, 3.8) is 0 Å². The quantitative estimate of drug-likeness (QED) is 0.534. The second-order valence-electron chi connectivity index (χ2n) is 3.85. The Hall–Kier alpha value is -0.610. The van der Waals surface area contributed by atoms with Crippen molar-refractivity contribution >= 4 is 5.91 Å². The molecule has 0 bridgehead atoms. The number of carbonyl (C=O) groups is 1. The van der Waals surface area contributed by atoms with Crippen molar-refractivity contribution in [2.24, 2.45) is 5.73 Å². The molecule has 68 valence electrons. The zero-order chi connectivity index (χ0) is 8.77. The zero-order valence-electron chi connectivity index (χ0n) is 6.99. The Morgan fingerprint density at radius 2 is 2.25 bits per heavy atom. The summed E-state index contributed by atoms with van der Waals surface area (Å²) in [6, 6.07) is 0. The van der Waals surface area contributed by atoms with Crippen LogP contribution >= 0.6 is 0 Å². The van der Waals surface area contributed by atoms with E-state index in [9.17, 15) is 9.90 Å². The van der Waals surface area contributed by atoms with Crippen molar-refractivity contribution in [2.75, 3.05) is 13.1 Å². The van der Waals surface area contributed by atoms with Gasteiger partial charge in [-0.15, -0.1) is 0 Å². The molecule has 12 heavy (non-hydrogen) atoms. The van der Waals surface area contributed by atoms with Gasteiger partial charge in [-0.3, -0.25) is 4.79 Å². The van der Waals surface area contributed by atoms with Gasteiger partial charge in [0.1, 0.15) is 0 Å². The van der Waals surface area contributed by atoms with Crippen LogP contribution in [-0.4, -0.2) is 40.6 Å².